The summed E-state index contributed by atoms with van der Waals surface area (Å²) in [7, 11) is 0. The van der Waals surface area contributed by atoms with Gasteiger partial charge in [-0.2, -0.15) is 0 Å². The monoisotopic (exact) mass is 327 g/mol. The average molecular weight is 328 g/mol. The van der Waals surface area contributed by atoms with E-state index >= 15 is 0 Å². The second kappa shape index (κ2) is 7.78. The quantitative estimate of drug-likeness (QED) is 0.744. The van der Waals surface area contributed by atoms with Gasteiger partial charge in [-0.05, 0) is 48.5 Å². The van der Waals surface area contributed by atoms with Crippen LogP contribution in [-0.4, -0.2) is 12.3 Å². The van der Waals surface area contributed by atoms with E-state index in [0.29, 0.717) is 16.3 Å². The molecule has 0 spiro atoms. The maximum Gasteiger partial charge on any atom is 0.126 e. The first kappa shape index (κ1) is 16.3. The van der Waals surface area contributed by atoms with Crippen molar-refractivity contribution >= 4 is 23.4 Å². The molecule has 2 aromatic carbocycles. The molecule has 0 aliphatic rings. The number of halogens is 3. The van der Waals surface area contributed by atoms with Crippen molar-refractivity contribution in [2.24, 2.45) is 0 Å². The Morgan fingerprint density at radius 1 is 1.10 bits per heavy atom. The third-order valence-corrected chi connectivity index (χ3v) is 4.33. The summed E-state index contributed by atoms with van der Waals surface area (Å²) in [5, 5.41) is 3.94. The number of nitrogens with one attached hydrogen (secondary N) is 1. The molecule has 0 aliphatic heterocycles. The molecule has 112 valence electrons. The molecule has 1 N–H and O–H groups in total. The van der Waals surface area contributed by atoms with Crippen molar-refractivity contribution in [3.63, 3.8) is 0 Å². The number of thioether (sulfide) groups is 1. The molecule has 21 heavy (non-hydrogen) atoms. The Balaban J connectivity index is 2.09. The standard InChI is InChI=1S/C16H16ClF2NS/c1-2-20-16(11-7-13(18)9-14(19)8-11)10-21-15-5-3-12(17)4-6-15/h3-9,16,20H,2,10H2,1H3. The van der Waals surface area contributed by atoms with Crippen LogP contribution in [0, 0.1) is 11.6 Å². The fourth-order valence-corrected chi connectivity index (χ4v) is 3.13. The molecule has 0 radical (unpaired) electrons. The summed E-state index contributed by atoms with van der Waals surface area (Å²) in [6.07, 6.45) is 0. The first-order chi connectivity index (χ1) is 10.1. The average Bonchev–Trinajstić information content (AvgIpc) is 2.44. The summed E-state index contributed by atoms with van der Waals surface area (Å²) >= 11 is 7.47. The lowest BCUT2D eigenvalue weighted by Crippen LogP contribution is -2.23. The lowest BCUT2D eigenvalue weighted by Gasteiger charge is -2.18. The van der Waals surface area contributed by atoms with Crippen molar-refractivity contribution in [3.05, 3.63) is 64.7 Å². The maximum absolute atomic E-state index is 13.3. The molecule has 0 heterocycles. The highest BCUT2D eigenvalue weighted by Crippen LogP contribution is 2.26. The van der Waals surface area contributed by atoms with Crippen LogP contribution in [0.5, 0.6) is 0 Å². The summed E-state index contributed by atoms with van der Waals surface area (Å²) in [4.78, 5) is 1.07. The molecule has 0 fully saturated rings. The predicted molar refractivity (Wildman–Crippen MR) is 85.0 cm³/mol. The molecule has 0 aliphatic carbocycles. The molecule has 5 heteroatoms. The molecule has 0 saturated heterocycles. The van der Waals surface area contributed by atoms with E-state index in [-0.39, 0.29) is 6.04 Å². The Labute approximate surface area is 132 Å². The van der Waals surface area contributed by atoms with Gasteiger partial charge in [-0.1, -0.05) is 18.5 Å². The van der Waals surface area contributed by atoms with E-state index in [0.717, 1.165) is 17.5 Å². The van der Waals surface area contributed by atoms with E-state index in [2.05, 4.69) is 5.32 Å². The van der Waals surface area contributed by atoms with Crippen LogP contribution < -0.4 is 5.32 Å². The first-order valence-corrected chi connectivity index (χ1v) is 8.02. The fraction of sp³-hybridized carbons (Fsp3) is 0.250. The Hall–Kier alpha value is -1.10. The van der Waals surface area contributed by atoms with Crippen molar-refractivity contribution in [2.75, 3.05) is 12.3 Å². The van der Waals surface area contributed by atoms with Crippen molar-refractivity contribution in [1.82, 2.24) is 5.32 Å². The minimum atomic E-state index is -0.551. The Morgan fingerprint density at radius 3 is 2.29 bits per heavy atom. The minimum Gasteiger partial charge on any atom is -0.309 e. The Kier molecular flexibility index (Phi) is 6.03. The molecule has 2 aromatic rings. The zero-order chi connectivity index (χ0) is 15.2. The van der Waals surface area contributed by atoms with Gasteiger partial charge >= 0.3 is 0 Å². The van der Waals surface area contributed by atoms with Crippen LogP contribution in [0.2, 0.25) is 5.02 Å². The van der Waals surface area contributed by atoms with Gasteiger partial charge in [0.25, 0.3) is 0 Å². The molecule has 1 nitrogen and oxygen atoms in total. The van der Waals surface area contributed by atoms with Gasteiger partial charge < -0.3 is 5.32 Å². The van der Waals surface area contributed by atoms with Gasteiger partial charge in [0.15, 0.2) is 0 Å². The van der Waals surface area contributed by atoms with E-state index < -0.39 is 11.6 Å². The van der Waals surface area contributed by atoms with Crippen LogP contribution >= 0.6 is 23.4 Å². The summed E-state index contributed by atoms with van der Waals surface area (Å²) in [6, 6.07) is 11.0. The van der Waals surface area contributed by atoms with Gasteiger partial charge in [-0.25, -0.2) is 8.78 Å². The topological polar surface area (TPSA) is 12.0 Å². The number of hydrogen-bond acceptors (Lipinski definition) is 2. The molecule has 1 atom stereocenters. The van der Waals surface area contributed by atoms with Crippen molar-refractivity contribution in [2.45, 2.75) is 17.9 Å². The summed E-state index contributed by atoms with van der Waals surface area (Å²) < 4.78 is 26.7. The lowest BCUT2D eigenvalue weighted by molar-refractivity contribution is 0.558. The third-order valence-electron chi connectivity index (χ3n) is 2.97. The molecule has 1 unspecified atom stereocenters. The number of benzene rings is 2. The SMILES string of the molecule is CCNC(CSc1ccc(Cl)cc1)c1cc(F)cc(F)c1. The Bertz CT molecular complexity index is 569. The molecular weight excluding hydrogens is 312 g/mol. The van der Waals surface area contributed by atoms with Crippen LogP contribution in [-0.2, 0) is 0 Å². The van der Waals surface area contributed by atoms with Crippen LogP contribution in [0.15, 0.2) is 47.4 Å². The third kappa shape index (κ3) is 4.99. The molecular formula is C16H16ClF2NS. The van der Waals surface area contributed by atoms with E-state index in [4.69, 9.17) is 11.6 Å². The minimum absolute atomic E-state index is 0.110. The zero-order valence-electron chi connectivity index (χ0n) is 11.6. The normalized spacial score (nSPS) is 12.4. The van der Waals surface area contributed by atoms with Gasteiger partial charge in [-0.15, -0.1) is 11.8 Å². The Morgan fingerprint density at radius 2 is 1.71 bits per heavy atom. The van der Waals surface area contributed by atoms with Gasteiger partial charge in [0.1, 0.15) is 11.6 Å². The van der Waals surface area contributed by atoms with E-state index in [1.54, 1.807) is 11.8 Å². The maximum atomic E-state index is 13.3. The summed E-state index contributed by atoms with van der Waals surface area (Å²) in [5.74, 6) is -0.424. The molecule has 0 bridgehead atoms. The smallest absolute Gasteiger partial charge is 0.126 e. The van der Waals surface area contributed by atoms with Crippen LogP contribution in [0.3, 0.4) is 0 Å². The number of rotatable bonds is 6. The van der Waals surface area contributed by atoms with Gasteiger partial charge in [0.2, 0.25) is 0 Å². The predicted octanol–water partition coefficient (Wildman–Crippen LogP) is 5.06. The van der Waals surface area contributed by atoms with Crippen molar-refractivity contribution in [1.29, 1.82) is 0 Å². The molecule has 2 rings (SSSR count). The first-order valence-electron chi connectivity index (χ1n) is 6.66. The van der Waals surface area contributed by atoms with Gasteiger partial charge in [-0.3, -0.25) is 0 Å². The largest absolute Gasteiger partial charge is 0.309 e. The summed E-state index contributed by atoms with van der Waals surface area (Å²) in [6.45, 7) is 2.69. The fourth-order valence-electron chi connectivity index (χ4n) is 2.01. The second-order valence-electron chi connectivity index (χ2n) is 4.58. The number of hydrogen-bond donors (Lipinski definition) is 1. The van der Waals surface area contributed by atoms with Crippen LogP contribution in [0.4, 0.5) is 8.78 Å². The van der Waals surface area contributed by atoms with Gasteiger partial charge in [0.05, 0.1) is 0 Å². The molecule has 0 amide bonds. The second-order valence-corrected chi connectivity index (χ2v) is 6.11. The van der Waals surface area contributed by atoms with Crippen molar-refractivity contribution in [3.8, 4) is 0 Å². The zero-order valence-corrected chi connectivity index (χ0v) is 13.1. The van der Waals surface area contributed by atoms with E-state index in [1.165, 1.54) is 12.1 Å². The van der Waals surface area contributed by atoms with E-state index in [1.807, 2.05) is 31.2 Å². The highest BCUT2D eigenvalue weighted by atomic mass is 35.5. The van der Waals surface area contributed by atoms with E-state index in [9.17, 15) is 8.78 Å². The highest BCUT2D eigenvalue weighted by molar-refractivity contribution is 7.99. The molecule has 0 aromatic heterocycles. The highest BCUT2D eigenvalue weighted by Gasteiger charge is 2.13. The van der Waals surface area contributed by atoms with Crippen molar-refractivity contribution < 1.29 is 8.78 Å². The lowest BCUT2D eigenvalue weighted by atomic mass is 10.1. The van der Waals surface area contributed by atoms with Crippen LogP contribution in [0.1, 0.15) is 18.5 Å². The van der Waals surface area contributed by atoms with Crippen LogP contribution in [0.25, 0.3) is 0 Å². The summed E-state index contributed by atoms with van der Waals surface area (Å²) in [5.41, 5.74) is 0.621. The molecule has 0 saturated carbocycles. The van der Waals surface area contributed by atoms with Gasteiger partial charge in [0, 0.05) is 27.8 Å².